The highest BCUT2D eigenvalue weighted by Crippen LogP contribution is 2.27. The Morgan fingerprint density at radius 1 is 0.639 bits per heavy atom. The van der Waals surface area contributed by atoms with E-state index in [1.165, 1.54) is 34.6 Å². The highest BCUT2D eigenvalue weighted by Gasteiger charge is 2.08. The molecule has 2 aromatic heterocycles. The summed E-state index contributed by atoms with van der Waals surface area (Å²) in [6, 6.07) is 27.5. The van der Waals surface area contributed by atoms with Crippen LogP contribution in [-0.2, 0) is 0 Å². The molecule has 0 fully saturated rings. The standard InChI is InChI=1S/C13H10N2S.C7H9BO2.C6H3BrN2S/c1-9-5-7-10(8-6-9)11-3-2-4-12-13(11)15-16-14-12;1-6-2-4-7(5-3-6)8(9)10;7-4-2-1-3-5-6(4)9-10-8-5/h2-8H,1H3;2-5,9-10H,1H3;1-3H. The fourth-order valence-corrected chi connectivity index (χ4v) is 4.95. The number of halogens is 1. The molecule has 4 aromatic carbocycles. The van der Waals surface area contributed by atoms with E-state index in [1.807, 2.05) is 49.4 Å². The van der Waals surface area contributed by atoms with E-state index < -0.39 is 7.12 Å². The molecule has 0 aliphatic rings. The van der Waals surface area contributed by atoms with Gasteiger partial charge in [-0.25, -0.2) is 0 Å². The monoisotopic (exact) mass is 576 g/mol. The van der Waals surface area contributed by atoms with Crippen LogP contribution in [0, 0.1) is 13.8 Å². The summed E-state index contributed by atoms with van der Waals surface area (Å²) < 4.78 is 17.8. The highest BCUT2D eigenvalue weighted by molar-refractivity contribution is 9.10. The largest absolute Gasteiger partial charge is 0.488 e. The molecule has 0 radical (unpaired) electrons. The molecular weight excluding hydrogens is 555 g/mol. The molecule has 6 rings (SSSR count). The third-order valence-corrected chi connectivity index (χ3v) is 6.99. The number of aromatic nitrogens is 4. The summed E-state index contributed by atoms with van der Waals surface area (Å²) in [6.07, 6.45) is 0. The Labute approximate surface area is 226 Å². The maximum Gasteiger partial charge on any atom is 0.488 e. The SMILES string of the molecule is Brc1cccc2nsnc12.Cc1ccc(-c2cccc3nsnc23)cc1.Cc1ccc(B(O)O)cc1. The maximum absolute atomic E-state index is 8.67. The number of fused-ring (bicyclic) bond motifs is 2. The van der Waals surface area contributed by atoms with Gasteiger partial charge in [0.15, 0.2) is 0 Å². The predicted molar refractivity (Wildman–Crippen MR) is 154 cm³/mol. The summed E-state index contributed by atoms with van der Waals surface area (Å²) in [7, 11) is -1.35. The minimum Gasteiger partial charge on any atom is -0.423 e. The molecule has 180 valence electrons. The average molecular weight is 577 g/mol. The summed E-state index contributed by atoms with van der Waals surface area (Å²) in [4.78, 5) is 0. The molecule has 6 nitrogen and oxygen atoms in total. The van der Waals surface area contributed by atoms with Crippen LogP contribution in [0.25, 0.3) is 33.2 Å². The predicted octanol–water partition coefficient (Wildman–Crippen LogP) is 5.80. The normalized spacial score (nSPS) is 10.4. The average Bonchev–Trinajstić information content (AvgIpc) is 3.56. The van der Waals surface area contributed by atoms with Crippen LogP contribution in [0.5, 0.6) is 0 Å². The van der Waals surface area contributed by atoms with Crippen molar-refractivity contribution < 1.29 is 10.0 Å². The van der Waals surface area contributed by atoms with Gasteiger partial charge in [-0.2, -0.15) is 17.5 Å². The number of nitrogens with zero attached hydrogens (tertiary/aromatic N) is 4. The fraction of sp³-hybridized carbons (Fsp3) is 0.0769. The molecule has 0 saturated carbocycles. The van der Waals surface area contributed by atoms with Crippen LogP contribution in [0.1, 0.15) is 11.1 Å². The van der Waals surface area contributed by atoms with E-state index in [2.05, 4.69) is 70.7 Å². The lowest BCUT2D eigenvalue weighted by atomic mass is 9.80. The Kier molecular flexibility index (Phi) is 8.90. The molecule has 0 bridgehead atoms. The van der Waals surface area contributed by atoms with Gasteiger partial charge in [0.05, 0.1) is 23.5 Å². The summed E-state index contributed by atoms with van der Waals surface area (Å²) in [6.45, 7) is 4.04. The lowest BCUT2D eigenvalue weighted by molar-refractivity contribution is 0.426. The van der Waals surface area contributed by atoms with Gasteiger partial charge in [-0.1, -0.05) is 77.9 Å². The van der Waals surface area contributed by atoms with E-state index in [-0.39, 0.29) is 0 Å². The first kappa shape index (κ1) is 26.1. The molecule has 0 unspecified atom stereocenters. The van der Waals surface area contributed by atoms with E-state index in [1.54, 1.807) is 12.1 Å². The van der Waals surface area contributed by atoms with Crippen molar-refractivity contribution in [1.82, 2.24) is 17.5 Å². The minimum atomic E-state index is -1.35. The zero-order chi connectivity index (χ0) is 25.5. The van der Waals surface area contributed by atoms with Gasteiger partial charge >= 0.3 is 7.12 Å². The van der Waals surface area contributed by atoms with E-state index in [4.69, 9.17) is 10.0 Å². The summed E-state index contributed by atoms with van der Waals surface area (Å²) in [5.74, 6) is 0. The van der Waals surface area contributed by atoms with Crippen LogP contribution in [0.15, 0.2) is 89.4 Å². The number of hydrogen-bond acceptors (Lipinski definition) is 8. The van der Waals surface area contributed by atoms with E-state index >= 15 is 0 Å². The topological polar surface area (TPSA) is 92.0 Å². The zero-order valence-electron chi connectivity index (χ0n) is 19.5. The second-order valence-corrected chi connectivity index (χ2v) is 9.87. The highest BCUT2D eigenvalue weighted by atomic mass is 79.9. The second-order valence-electron chi connectivity index (χ2n) is 7.96. The molecule has 36 heavy (non-hydrogen) atoms. The molecule has 2 heterocycles. The van der Waals surface area contributed by atoms with E-state index in [9.17, 15) is 0 Å². The van der Waals surface area contributed by atoms with Crippen LogP contribution in [0.2, 0.25) is 0 Å². The molecule has 0 saturated heterocycles. The van der Waals surface area contributed by atoms with Gasteiger partial charge in [0.25, 0.3) is 0 Å². The second kappa shape index (κ2) is 12.3. The Hall–Kier alpha value is -3.02. The minimum absolute atomic E-state index is 0.533. The summed E-state index contributed by atoms with van der Waals surface area (Å²) in [5, 5.41) is 17.3. The lowest BCUT2D eigenvalue weighted by Gasteiger charge is -2.02. The van der Waals surface area contributed by atoms with Crippen LogP contribution < -0.4 is 5.46 Å². The number of aryl methyl sites for hydroxylation is 2. The fourth-order valence-electron chi connectivity index (χ4n) is 3.28. The third-order valence-electron chi connectivity index (χ3n) is 5.26. The third kappa shape index (κ3) is 6.60. The van der Waals surface area contributed by atoms with Crippen LogP contribution in [0.3, 0.4) is 0 Å². The van der Waals surface area contributed by atoms with Gasteiger partial charge < -0.3 is 10.0 Å². The molecule has 2 N–H and O–H groups in total. The van der Waals surface area contributed by atoms with Crippen molar-refractivity contribution >= 4 is 74.0 Å². The molecule has 0 aliphatic heterocycles. The van der Waals surface area contributed by atoms with Crippen molar-refractivity contribution in [1.29, 1.82) is 0 Å². The van der Waals surface area contributed by atoms with Crippen molar-refractivity contribution in [3.05, 3.63) is 101 Å². The van der Waals surface area contributed by atoms with Gasteiger partial charge in [0.1, 0.15) is 22.1 Å². The number of hydrogen-bond donors (Lipinski definition) is 2. The Balaban J connectivity index is 0.000000133. The molecule has 0 spiro atoms. The Morgan fingerprint density at radius 2 is 1.17 bits per heavy atom. The van der Waals surface area contributed by atoms with Crippen molar-refractivity contribution in [2.24, 2.45) is 0 Å². The summed E-state index contributed by atoms with van der Waals surface area (Å²) >= 11 is 5.88. The van der Waals surface area contributed by atoms with Crippen LogP contribution in [0.4, 0.5) is 0 Å². The van der Waals surface area contributed by atoms with Gasteiger partial charge in [0.2, 0.25) is 0 Å². The van der Waals surface area contributed by atoms with Gasteiger partial charge in [0, 0.05) is 10.0 Å². The number of benzene rings is 4. The van der Waals surface area contributed by atoms with Gasteiger partial charge in [-0.3, -0.25) is 0 Å². The molecule has 0 amide bonds. The van der Waals surface area contributed by atoms with E-state index in [0.29, 0.717) is 5.46 Å². The molecule has 0 atom stereocenters. The first-order chi connectivity index (χ1) is 17.4. The van der Waals surface area contributed by atoms with Crippen molar-refractivity contribution in [3.63, 3.8) is 0 Å². The first-order valence-electron chi connectivity index (χ1n) is 11.0. The van der Waals surface area contributed by atoms with Crippen LogP contribution in [-0.4, -0.2) is 34.7 Å². The van der Waals surface area contributed by atoms with Crippen LogP contribution >= 0.6 is 39.4 Å². The quantitative estimate of drug-likeness (QED) is 0.253. The van der Waals surface area contributed by atoms with Gasteiger partial charge in [-0.15, -0.1) is 0 Å². The first-order valence-corrected chi connectivity index (χ1v) is 13.3. The number of rotatable bonds is 2. The zero-order valence-corrected chi connectivity index (χ0v) is 22.8. The molecule has 10 heteroatoms. The Morgan fingerprint density at radius 3 is 1.75 bits per heavy atom. The van der Waals surface area contributed by atoms with Crippen molar-refractivity contribution in [3.8, 4) is 11.1 Å². The summed E-state index contributed by atoms with van der Waals surface area (Å²) in [5.41, 5.74) is 9.16. The van der Waals surface area contributed by atoms with Crippen molar-refractivity contribution in [2.75, 3.05) is 0 Å². The molecular formula is C26H22BBrN4O2S2. The molecule has 0 aliphatic carbocycles. The maximum atomic E-state index is 8.67. The van der Waals surface area contributed by atoms with Gasteiger partial charge in [-0.05, 0) is 59.0 Å². The lowest BCUT2D eigenvalue weighted by Crippen LogP contribution is -2.29. The molecule has 6 aromatic rings. The van der Waals surface area contributed by atoms with E-state index in [0.717, 1.165) is 37.7 Å². The Bertz CT molecular complexity index is 1550. The smallest absolute Gasteiger partial charge is 0.423 e. The van der Waals surface area contributed by atoms with Crippen molar-refractivity contribution in [2.45, 2.75) is 13.8 Å².